The van der Waals surface area contributed by atoms with E-state index in [0.29, 0.717) is 4.47 Å². The maximum Gasteiger partial charge on any atom is 0.136 e. The number of alkyl halides is 2. The average Bonchev–Trinajstić information content (AvgIpc) is 2.24. The van der Waals surface area contributed by atoms with E-state index >= 15 is 0 Å². The van der Waals surface area contributed by atoms with Gasteiger partial charge in [0.25, 0.3) is 0 Å². The molecule has 0 aromatic heterocycles. The van der Waals surface area contributed by atoms with Gasteiger partial charge in [0.15, 0.2) is 0 Å². The Morgan fingerprint density at radius 1 is 1.44 bits per heavy atom. The molecular weight excluding hydrogens is 280 g/mol. The largest absolute Gasteiger partial charge is 0.247 e. The van der Waals surface area contributed by atoms with Crippen LogP contribution in [0.4, 0.5) is 8.78 Å². The van der Waals surface area contributed by atoms with Gasteiger partial charge in [-0.05, 0) is 30.2 Å². The quantitative estimate of drug-likeness (QED) is 0.445. The van der Waals surface area contributed by atoms with Gasteiger partial charge in [0.1, 0.15) is 18.4 Å². The fourth-order valence-corrected chi connectivity index (χ4v) is 1.74. The predicted octanol–water partition coefficient (Wildman–Crippen LogP) is 4.50. The molecule has 0 bridgehead atoms. The van der Waals surface area contributed by atoms with Gasteiger partial charge in [-0.2, -0.15) is 0 Å². The summed E-state index contributed by atoms with van der Waals surface area (Å²) in [6.07, 6.45) is -3.18. The van der Waals surface area contributed by atoms with Gasteiger partial charge in [-0.3, -0.25) is 0 Å². The summed E-state index contributed by atoms with van der Waals surface area (Å²) in [4.78, 5) is 2.46. The van der Waals surface area contributed by atoms with Crippen LogP contribution in [0.25, 0.3) is 10.4 Å². The highest BCUT2D eigenvalue weighted by atomic mass is 79.9. The lowest BCUT2D eigenvalue weighted by atomic mass is 10.0. The zero-order chi connectivity index (χ0) is 12.1. The van der Waals surface area contributed by atoms with Crippen molar-refractivity contribution in [1.82, 2.24) is 0 Å². The molecule has 1 aromatic rings. The third-order valence-electron chi connectivity index (χ3n) is 2.12. The molecule has 0 N–H and O–H groups in total. The summed E-state index contributed by atoms with van der Waals surface area (Å²) in [5.41, 5.74) is 8.54. The van der Waals surface area contributed by atoms with Crippen molar-refractivity contribution in [2.24, 2.45) is 5.11 Å². The molecular formula is C10H10BrF2N3. The Kier molecular flexibility index (Phi) is 4.71. The van der Waals surface area contributed by atoms with Crippen LogP contribution in [0, 0.1) is 0 Å². The minimum atomic E-state index is -1.65. The third kappa shape index (κ3) is 3.18. The first-order chi connectivity index (χ1) is 7.56. The third-order valence-corrected chi connectivity index (χ3v) is 2.62. The van der Waals surface area contributed by atoms with E-state index in [2.05, 4.69) is 26.0 Å². The molecule has 0 aliphatic carbocycles. The Balaban J connectivity index is 2.98. The number of hydrogen-bond donors (Lipinski definition) is 0. The van der Waals surface area contributed by atoms with Crippen molar-refractivity contribution in [3.05, 3.63) is 44.7 Å². The van der Waals surface area contributed by atoms with Crippen LogP contribution in [0.3, 0.4) is 0 Å². The summed E-state index contributed by atoms with van der Waals surface area (Å²) in [6.45, 7) is 1.17. The monoisotopic (exact) mass is 289 g/mol. The van der Waals surface area contributed by atoms with Crippen molar-refractivity contribution in [1.29, 1.82) is 0 Å². The van der Waals surface area contributed by atoms with E-state index in [9.17, 15) is 8.78 Å². The normalized spacial score (nSPS) is 16.0. The van der Waals surface area contributed by atoms with Gasteiger partial charge in [0, 0.05) is 9.38 Å². The maximum absolute atomic E-state index is 13.9. The van der Waals surface area contributed by atoms with Crippen LogP contribution >= 0.6 is 15.9 Å². The summed E-state index contributed by atoms with van der Waals surface area (Å²) in [6, 6.07) is 5.10. The molecule has 0 fully saturated rings. The first-order valence-corrected chi connectivity index (χ1v) is 5.43. The zero-order valence-electron chi connectivity index (χ0n) is 8.52. The average molecular weight is 290 g/mol. The molecule has 3 nitrogen and oxygen atoms in total. The Hall–Kier alpha value is -1.13. The van der Waals surface area contributed by atoms with E-state index < -0.39 is 18.4 Å². The fourth-order valence-electron chi connectivity index (χ4n) is 1.32. The van der Waals surface area contributed by atoms with E-state index in [1.165, 1.54) is 19.1 Å². The van der Waals surface area contributed by atoms with Crippen molar-refractivity contribution in [3.63, 3.8) is 0 Å². The first-order valence-electron chi connectivity index (χ1n) is 4.64. The van der Waals surface area contributed by atoms with Gasteiger partial charge >= 0.3 is 0 Å². The summed E-state index contributed by atoms with van der Waals surface area (Å²) in [5.74, 6) is 0. The van der Waals surface area contributed by atoms with Crippen molar-refractivity contribution in [2.45, 2.75) is 25.3 Å². The van der Waals surface area contributed by atoms with Crippen LogP contribution < -0.4 is 0 Å². The standard InChI is InChI=1S/C10H10BrF2N3/c1-6(12)10(15-16-14)9(13)7-3-2-4-8(11)5-7/h2-6,9-10H,1H3/t6?,9-,10-/m0/s1. The number of benzene rings is 1. The molecule has 0 heterocycles. The molecule has 0 spiro atoms. The van der Waals surface area contributed by atoms with E-state index in [1.807, 2.05) is 0 Å². The summed E-state index contributed by atoms with van der Waals surface area (Å²) in [7, 11) is 0. The molecule has 86 valence electrons. The number of azide groups is 1. The van der Waals surface area contributed by atoms with Crippen LogP contribution in [-0.4, -0.2) is 12.2 Å². The summed E-state index contributed by atoms with van der Waals surface area (Å²) >= 11 is 3.19. The Morgan fingerprint density at radius 3 is 2.62 bits per heavy atom. The lowest BCUT2D eigenvalue weighted by Gasteiger charge is -2.17. The number of rotatable bonds is 4. The molecule has 1 rings (SSSR count). The van der Waals surface area contributed by atoms with Gasteiger partial charge in [-0.25, -0.2) is 8.78 Å². The fraction of sp³-hybridized carbons (Fsp3) is 0.400. The lowest BCUT2D eigenvalue weighted by molar-refractivity contribution is 0.196. The molecule has 0 saturated carbocycles. The molecule has 0 saturated heterocycles. The Labute approximate surface area is 100 Å². The second kappa shape index (κ2) is 5.82. The summed E-state index contributed by atoms with van der Waals surface area (Å²) in [5, 5.41) is 3.14. The minimum absolute atomic E-state index is 0.288. The van der Waals surface area contributed by atoms with Crippen LogP contribution in [0.5, 0.6) is 0 Å². The highest BCUT2D eigenvalue weighted by Crippen LogP contribution is 2.28. The van der Waals surface area contributed by atoms with E-state index in [0.717, 1.165) is 0 Å². The van der Waals surface area contributed by atoms with Crippen molar-refractivity contribution >= 4 is 15.9 Å². The second-order valence-electron chi connectivity index (χ2n) is 3.33. The molecule has 1 unspecified atom stereocenters. The SMILES string of the molecule is CC(F)[C@H](N=[N+]=[N-])[C@@H](F)c1cccc(Br)c1. The highest BCUT2D eigenvalue weighted by Gasteiger charge is 2.27. The molecule has 0 aliphatic rings. The van der Waals surface area contributed by atoms with Crippen molar-refractivity contribution < 1.29 is 8.78 Å². The minimum Gasteiger partial charge on any atom is -0.247 e. The molecule has 16 heavy (non-hydrogen) atoms. The van der Waals surface area contributed by atoms with Crippen molar-refractivity contribution in [2.75, 3.05) is 0 Å². The van der Waals surface area contributed by atoms with E-state index in [-0.39, 0.29) is 5.56 Å². The first kappa shape index (κ1) is 12.9. The Bertz CT molecular complexity index is 405. The number of halogens is 3. The zero-order valence-corrected chi connectivity index (χ0v) is 10.1. The predicted molar refractivity (Wildman–Crippen MR) is 61.5 cm³/mol. The Morgan fingerprint density at radius 2 is 2.12 bits per heavy atom. The molecule has 0 aliphatic heterocycles. The van der Waals surface area contributed by atoms with Gasteiger partial charge < -0.3 is 0 Å². The molecule has 3 atom stereocenters. The number of nitrogens with zero attached hydrogens (tertiary/aromatic N) is 3. The van der Waals surface area contributed by atoms with Gasteiger partial charge in [0.2, 0.25) is 0 Å². The van der Waals surface area contributed by atoms with E-state index in [1.54, 1.807) is 12.1 Å². The van der Waals surface area contributed by atoms with Gasteiger partial charge in [-0.15, -0.1) is 0 Å². The molecule has 1 aromatic carbocycles. The second-order valence-corrected chi connectivity index (χ2v) is 4.25. The molecule has 0 radical (unpaired) electrons. The van der Waals surface area contributed by atoms with Crippen LogP contribution in [-0.2, 0) is 0 Å². The van der Waals surface area contributed by atoms with Crippen molar-refractivity contribution in [3.8, 4) is 0 Å². The van der Waals surface area contributed by atoms with Crippen LogP contribution in [0.2, 0.25) is 0 Å². The van der Waals surface area contributed by atoms with E-state index in [4.69, 9.17) is 5.53 Å². The summed E-state index contributed by atoms with van der Waals surface area (Å²) < 4.78 is 27.7. The molecule has 6 heteroatoms. The van der Waals surface area contributed by atoms with Crippen LogP contribution in [0.1, 0.15) is 18.7 Å². The lowest BCUT2D eigenvalue weighted by Crippen LogP contribution is -2.22. The van der Waals surface area contributed by atoms with Gasteiger partial charge in [0.05, 0.1) is 0 Å². The number of hydrogen-bond acceptors (Lipinski definition) is 1. The van der Waals surface area contributed by atoms with Gasteiger partial charge in [-0.1, -0.05) is 33.2 Å². The topological polar surface area (TPSA) is 48.8 Å². The smallest absolute Gasteiger partial charge is 0.136 e. The highest BCUT2D eigenvalue weighted by molar-refractivity contribution is 9.10. The molecule has 0 amide bonds. The maximum atomic E-state index is 13.9. The van der Waals surface area contributed by atoms with Crippen LogP contribution in [0.15, 0.2) is 33.9 Å².